The predicted octanol–water partition coefficient (Wildman–Crippen LogP) is 3.55. The van der Waals surface area contributed by atoms with Crippen LogP contribution in [-0.2, 0) is 13.1 Å². The zero-order chi connectivity index (χ0) is 14.5. The third-order valence-corrected chi connectivity index (χ3v) is 4.03. The molecule has 0 unspecified atom stereocenters. The monoisotopic (exact) mass is 334 g/mol. The Morgan fingerprint density at radius 2 is 1.85 bits per heavy atom. The number of rotatable bonds is 5. The Labute approximate surface area is 128 Å². The zero-order valence-corrected chi connectivity index (χ0v) is 13.4. The van der Waals surface area contributed by atoms with Gasteiger partial charge in [-0.3, -0.25) is 0 Å². The van der Waals surface area contributed by atoms with E-state index in [0.717, 1.165) is 28.0 Å². The van der Waals surface area contributed by atoms with Crippen molar-refractivity contribution in [2.45, 2.75) is 13.1 Å². The molecule has 2 aromatic rings. The summed E-state index contributed by atoms with van der Waals surface area (Å²) in [6.45, 7) is 1.34. The number of ether oxygens (including phenoxy) is 1. The summed E-state index contributed by atoms with van der Waals surface area (Å²) in [5, 5.41) is 0. The molecule has 0 heterocycles. The molecule has 0 fully saturated rings. The van der Waals surface area contributed by atoms with E-state index >= 15 is 0 Å². The number of nitrogens with two attached hydrogens (primary N) is 1. The van der Waals surface area contributed by atoms with Gasteiger partial charge < -0.3 is 15.4 Å². The van der Waals surface area contributed by atoms with Gasteiger partial charge in [-0.2, -0.15) is 0 Å². The van der Waals surface area contributed by atoms with Gasteiger partial charge in [-0.1, -0.05) is 34.1 Å². The molecule has 2 rings (SSSR count). The molecular formula is C16H19BrN2O. The predicted molar refractivity (Wildman–Crippen MR) is 87.1 cm³/mol. The lowest BCUT2D eigenvalue weighted by atomic mass is 10.1. The van der Waals surface area contributed by atoms with Crippen molar-refractivity contribution >= 4 is 21.6 Å². The van der Waals surface area contributed by atoms with Gasteiger partial charge in [0.25, 0.3) is 0 Å². The molecule has 0 aliphatic rings. The minimum Gasteiger partial charge on any atom is -0.497 e. The third kappa shape index (κ3) is 3.32. The van der Waals surface area contributed by atoms with Crippen molar-refractivity contribution in [2.24, 2.45) is 5.73 Å². The number of hydrogen-bond donors (Lipinski definition) is 1. The number of hydrogen-bond acceptors (Lipinski definition) is 3. The molecule has 2 aromatic carbocycles. The highest BCUT2D eigenvalue weighted by Gasteiger charge is 2.09. The Bertz CT molecular complexity index is 569. The van der Waals surface area contributed by atoms with Crippen LogP contribution in [0.1, 0.15) is 11.1 Å². The van der Waals surface area contributed by atoms with Crippen LogP contribution in [0.3, 0.4) is 0 Å². The summed E-state index contributed by atoms with van der Waals surface area (Å²) in [6, 6.07) is 14.3. The van der Waals surface area contributed by atoms with E-state index < -0.39 is 0 Å². The molecule has 0 saturated carbocycles. The van der Waals surface area contributed by atoms with Crippen molar-refractivity contribution in [1.82, 2.24) is 0 Å². The van der Waals surface area contributed by atoms with Gasteiger partial charge in [-0.15, -0.1) is 0 Å². The molecule has 0 aliphatic heterocycles. The fourth-order valence-corrected chi connectivity index (χ4v) is 2.71. The first-order valence-electron chi connectivity index (χ1n) is 6.47. The SMILES string of the molecule is COc1ccc(CN(C)c2cccc(Br)c2CN)cc1. The lowest BCUT2D eigenvalue weighted by molar-refractivity contribution is 0.414. The van der Waals surface area contributed by atoms with Crippen LogP contribution in [0.25, 0.3) is 0 Å². The average Bonchev–Trinajstić information content (AvgIpc) is 2.47. The van der Waals surface area contributed by atoms with Gasteiger partial charge in [0.2, 0.25) is 0 Å². The molecule has 0 bridgehead atoms. The lowest BCUT2D eigenvalue weighted by Gasteiger charge is -2.23. The van der Waals surface area contributed by atoms with Gasteiger partial charge in [-0.05, 0) is 29.8 Å². The Morgan fingerprint density at radius 1 is 1.15 bits per heavy atom. The van der Waals surface area contributed by atoms with E-state index in [-0.39, 0.29) is 0 Å². The summed E-state index contributed by atoms with van der Waals surface area (Å²) in [5.74, 6) is 0.876. The van der Waals surface area contributed by atoms with Crippen LogP contribution in [0.5, 0.6) is 5.75 Å². The van der Waals surface area contributed by atoms with Crippen LogP contribution >= 0.6 is 15.9 Å². The number of benzene rings is 2. The normalized spacial score (nSPS) is 10.4. The van der Waals surface area contributed by atoms with Crippen molar-refractivity contribution in [2.75, 3.05) is 19.1 Å². The standard InChI is InChI=1S/C16H19BrN2O/c1-19(11-12-6-8-13(20-2)9-7-12)16-5-3-4-15(17)14(16)10-18/h3-9H,10-11,18H2,1-2H3. The van der Waals surface area contributed by atoms with Crippen LogP contribution in [-0.4, -0.2) is 14.2 Å². The summed E-state index contributed by atoms with van der Waals surface area (Å²) in [7, 11) is 3.75. The zero-order valence-electron chi connectivity index (χ0n) is 11.8. The molecule has 4 heteroatoms. The summed E-state index contributed by atoms with van der Waals surface area (Å²) in [4.78, 5) is 2.20. The minimum atomic E-state index is 0.518. The minimum absolute atomic E-state index is 0.518. The molecule has 0 saturated heterocycles. The van der Waals surface area contributed by atoms with Crippen LogP contribution in [0.2, 0.25) is 0 Å². The van der Waals surface area contributed by atoms with Crippen molar-refractivity contribution in [3.05, 3.63) is 58.1 Å². The molecule has 2 N–H and O–H groups in total. The van der Waals surface area contributed by atoms with Gasteiger partial charge in [0.05, 0.1) is 7.11 Å². The van der Waals surface area contributed by atoms with Crippen molar-refractivity contribution in [3.63, 3.8) is 0 Å². The highest BCUT2D eigenvalue weighted by molar-refractivity contribution is 9.10. The molecule has 0 spiro atoms. The second kappa shape index (κ2) is 6.77. The molecule has 0 aromatic heterocycles. The van der Waals surface area contributed by atoms with Crippen LogP contribution in [0.15, 0.2) is 46.9 Å². The number of nitrogens with zero attached hydrogens (tertiary/aromatic N) is 1. The molecule has 3 nitrogen and oxygen atoms in total. The van der Waals surface area contributed by atoms with E-state index in [1.807, 2.05) is 24.3 Å². The maximum Gasteiger partial charge on any atom is 0.118 e. The average molecular weight is 335 g/mol. The van der Waals surface area contributed by atoms with Gasteiger partial charge in [0.15, 0.2) is 0 Å². The fourth-order valence-electron chi connectivity index (χ4n) is 2.20. The maximum absolute atomic E-state index is 5.85. The molecule has 0 radical (unpaired) electrons. The molecule has 0 amide bonds. The number of methoxy groups -OCH3 is 1. The molecule has 106 valence electrons. The lowest BCUT2D eigenvalue weighted by Crippen LogP contribution is -2.19. The first-order valence-corrected chi connectivity index (χ1v) is 7.26. The van der Waals surface area contributed by atoms with Crippen LogP contribution in [0.4, 0.5) is 5.69 Å². The maximum atomic E-state index is 5.85. The van der Waals surface area contributed by atoms with Crippen LogP contribution < -0.4 is 15.4 Å². The smallest absolute Gasteiger partial charge is 0.118 e. The number of halogens is 1. The quantitative estimate of drug-likeness (QED) is 0.908. The summed E-state index contributed by atoms with van der Waals surface area (Å²) in [5.41, 5.74) is 9.36. The van der Waals surface area contributed by atoms with Crippen LogP contribution in [0, 0.1) is 0 Å². The van der Waals surface area contributed by atoms with E-state index in [2.05, 4.69) is 46.1 Å². The summed E-state index contributed by atoms with van der Waals surface area (Å²) < 4.78 is 6.23. The van der Waals surface area contributed by atoms with Gasteiger partial charge >= 0.3 is 0 Å². The topological polar surface area (TPSA) is 38.5 Å². The second-order valence-electron chi connectivity index (χ2n) is 4.65. The molecule has 20 heavy (non-hydrogen) atoms. The Balaban J connectivity index is 2.19. The van der Waals surface area contributed by atoms with Crippen molar-refractivity contribution in [1.29, 1.82) is 0 Å². The summed E-state index contributed by atoms with van der Waals surface area (Å²) in [6.07, 6.45) is 0. The molecule has 0 atom stereocenters. The van der Waals surface area contributed by atoms with E-state index in [1.165, 1.54) is 5.56 Å². The highest BCUT2D eigenvalue weighted by atomic mass is 79.9. The molecule has 0 aliphatic carbocycles. The highest BCUT2D eigenvalue weighted by Crippen LogP contribution is 2.27. The Kier molecular flexibility index (Phi) is 5.04. The van der Waals surface area contributed by atoms with Gasteiger partial charge in [0, 0.05) is 35.9 Å². The Hall–Kier alpha value is -1.52. The van der Waals surface area contributed by atoms with Gasteiger partial charge in [-0.25, -0.2) is 0 Å². The van der Waals surface area contributed by atoms with Crippen molar-refractivity contribution in [3.8, 4) is 5.75 Å². The largest absolute Gasteiger partial charge is 0.497 e. The van der Waals surface area contributed by atoms with E-state index in [1.54, 1.807) is 7.11 Å². The Morgan fingerprint density at radius 3 is 2.45 bits per heavy atom. The third-order valence-electron chi connectivity index (χ3n) is 3.29. The first kappa shape index (κ1) is 14.9. The first-order chi connectivity index (χ1) is 9.65. The van der Waals surface area contributed by atoms with Gasteiger partial charge in [0.1, 0.15) is 5.75 Å². The second-order valence-corrected chi connectivity index (χ2v) is 5.50. The fraction of sp³-hybridized carbons (Fsp3) is 0.250. The molecular weight excluding hydrogens is 316 g/mol. The summed E-state index contributed by atoms with van der Waals surface area (Å²) >= 11 is 3.56. The van der Waals surface area contributed by atoms with E-state index in [9.17, 15) is 0 Å². The van der Waals surface area contributed by atoms with Crippen molar-refractivity contribution < 1.29 is 4.74 Å². The van der Waals surface area contributed by atoms with E-state index in [4.69, 9.17) is 10.5 Å². The van der Waals surface area contributed by atoms with E-state index in [0.29, 0.717) is 6.54 Å². The number of anilines is 1.